The van der Waals surface area contributed by atoms with Crippen molar-refractivity contribution in [2.45, 2.75) is 32.6 Å². The van der Waals surface area contributed by atoms with Crippen LogP contribution >= 0.6 is 0 Å². The first-order chi connectivity index (χ1) is 6.35. The molecule has 0 amide bonds. The van der Waals surface area contributed by atoms with Gasteiger partial charge in [-0.2, -0.15) is 0 Å². The summed E-state index contributed by atoms with van der Waals surface area (Å²) in [5, 5.41) is 3.38. The first-order valence-electron chi connectivity index (χ1n) is 5.78. The van der Waals surface area contributed by atoms with Crippen LogP contribution in [0, 0.1) is 5.41 Å². The van der Waals surface area contributed by atoms with E-state index in [0.29, 0.717) is 0 Å². The molecule has 0 unspecified atom stereocenters. The van der Waals surface area contributed by atoms with Gasteiger partial charge < -0.3 is 10.2 Å². The first kappa shape index (κ1) is 9.47. The highest BCUT2D eigenvalue weighted by atomic mass is 15.2. The molecule has 1 spiro atoms. The Morgan fingerprint density at radius 2 is 1.92 bits per heavy atom. The Bertz CT molecular complexity index is 153. The highest BCUT2D eigenvalue weighted by molar-refractivity contribution is 4.97. The fourth-order valence-electron chi connectivity index (χ4n) is 2.92. The van der Waals surface area contributed by atoms with E-state index in [0.717, 1.165) is 12.0 Å². The molecule has 0 atom stereocenters. The van der Waals surface area contributed by atoms with Crippen molar-refractivity contribution in [2.24, 2.45) is 5.41 Å². The largest absolute Gasteiger partial charge is 0.316 e. The summed E-state index contributed by atoms with van der Waals surface area (Å²) in [5.74, 6) is 0. The molecular formula is C11H22N2. The number of likely N-dealkylation sites (tertiary alicyclic amines) is 1. The van der Waals surface area contributed by atoms with Crippen molar-refractivity contribution in [2.75, 3.05) is 32.7 Å². The minimum atomic E-state index is 0.784. The van der Waals surface area contributed by atoms with E-state index in [9.17, 15) is 0 Å². The van der Waals surface area contributed by atoms with Crippen molar-refractivity contribution < 1.29 is 0 Å². The quantitative estimate of drug-likeness (QED) is 0.662. The molecule has 1 aliphatic carbocycles. The molecule has 2 heteroatoms. The number of nitrogens with one attached hydrogen (secondary N) is 1. The van der Waals surface area contributed by atoms with E-state index in [4.69, 9.17) is 0 Å². The van der Waals surface area contributed by atoms with Gasteiger partial charge in [-0.25, -0.2) is 0 Å². The second-order valence-electron chi connectivity index (χ2n) is 4.77. The Morgan fingerprint density at radius 3 is 2.54 bits per heavy atom. The first-order valence-corrected chi connectivity index (χ1v) is 5.78. The third-order valence-electron chi connectivity index (χ3n) is 3.64. The Balaban J connectivity index is 1.61. The van der Waals surface area contributed by atoms with Crippen LogP contribution in [0.2, 0.25) is 0 Å². The van der Waals surface area contributed by atoms with Gasteiger partial charge in [0.1, 0.15) is 0 Å². The third kappa shape index (κ3) is 2.05. The molecule has 13 heavy (non-hydrogen) atoms. The van der Waals surface area contributed by atoms with Gasteiger partial charge in [-0.3, -0.25) is 0 Å². The normalized spacial score (nSPS) is 26.5. The van der Waals surface area contributed by atoms with Crippen molar-refractivity contribution in [3.05, 3.63) is 0 Å². The van der Waals surface area contributed by atoms with Crippen molar-refractivity contribution in [3.63, 3.8) is 0 Å². The van der Waals surface area contributed by atoms with Gasteiger partial charge in [-0.15, -0.1) is 0 Å². The standard InChI is InChI=1S/C11H22N2/c1-2-12-7-8-13-9-11(10-13)5-3-4-6-11/h12H,2-10H2,1H3. The molecule has 1 saturated heterocycles. The zero-order valence-corrected chi connectivity index (χ0v) is 8.81. The van der Waals surface area contributed by atoms with Crippen LogP contribution in [-0.2, 0) is 0 Å². The maximum atomic E-state index is 3.38. The molecule has 76 valence electrons. The zero-order valence-electron chi connectivity index (χ0n) is 8.81. The van der Waals surface area contributed by atoms with Gasteiger partial charge >= 0.3 is 0 Å². The van der Waals surface area contributed by atoms with Crippen LogP contribution in [-0.4, -0.2) is 37.6 Å². The second-order valence-corrected chi connectivity index (χ2v) is 4.77. The van der Waals surface area contributed by atoms with Crippen LogP contribution in [0.4, 0.5) is 0 Å². The van der Waals surface area contributed by atoms with Crippen LogP contribution < -0.4 is 5.32 Å². The minimum Gasteiger partial charge on any atom is -0.316 e. The van der Waals surface area contributed by atoms with Crippen LogP contribution in [0.15, 0.2) is 0 Å². The fraction of sp³-hybridized carbons (Fsp3) is 1.00. The summed E-state index contributed by atoms with van der Waals surface area (Å²) in [6, 6.07) is 0. The van der Waals surface area contributed by atoms with Crippen molar-refractivity contribution in [1.82, 2.24) is 10.2 Å². The molecule has 1 N–H and O–H groups in total. The van der Waals surface area contributed by atoms with Gasteiger partial charge in [0.15, 0.2) is 0 Å². The van der Waals surface area contributed by atoms with Gasteiger partial charge in [-0.1, -0.05) is 19.8 Å². The van der Waals surface area contributed by atoms with E-state index in [2.05, 4.69) is 17.1 Å². The molecule has 2 aliphatic rings. The lowest BCUT2D eigenvalue weighted by Gasteiger charge is -2.48. The smallest absolute Gasteiger partial charge is 0.0107 e. The molecule has 0 radical (unpaired) electrons. The van der Waals surface area contributed by atoms with Gasteiger partial charge in [0.2, 0.25) is 0 Å². The molecule has 0 bridgehead atoms. The van der Waals surface area contributed by atoms with Crippen LogP contribution in [0.25, 0.3) is 0 Å². The number of hydrogen-bond acceptors (Lipinski definition) is 2. The molecule has 0 aromatic carbocycles. The Morgan fingerprint density at radius 1 is 1.23 bits per heavy atom. The molecule has 1 aliphatic heterocycles. The molecule has 1 saturated carbocycles. The monoisotopic (exact) mass is 182 g/mol. The van der Waals surface area contributed by atoms with Crippen LogP contribution in [0.1, 0.15) is 32.6 Å². The molecule has 2 nitrogen and oxygen atoms in total. The predicted octanol–water partition coefficient (Wildman–Crippen LogP) is 1.47. The van der Waals surface area contributed by atoms with Gasteiger partial charge in [-0.05, 0) is 24.8 Å². The maximum Gasteiger partial charge on any atom is 0.0107 e. The van der Waals surface area contributed by atoms with Gasteiger partial charge in [0.05, 0.1) is 0 Å². The summed E-state index contributed by atoms with van der Waals surface area (Å²) in [7, 11) is 0. The molecule has 2 rings (SSSR count). The SMILES string of the molecule is CCNCCN1CC2(CCCC2)C1. The number of rotatable bonds is 4. The summed E-state index contributed by atoms with van der Waals surface area (Å²) in [6.07, 6.45) is 5.98. The molecule has 2 fully saturated rings. The topological polar surface area (TPSA) is 15.3 Å². The summed E-state index contributed by atoms with van der Waals surface area (Å²) in [6.45, 7) is 8.49. The van der Waals surface area contributed by atoms with Crippen molar-refractivity contribution in [3.8, 4) is 0 Å². The molecule has 0 aromatic heterocycles. The van der Waals surface area contributed by atoms with Crippen molar-refractivity contribution >= 4 is 0 Å². The Hall–Kier alpha value is -0.0800. The van der Waals surface area contributed by atoms with Crippen molar-refractivity contribution in [1.29, 1.82) is 0 Å². The second kappa shape index (κ2) is 3.97. The lowest BCUT2D eigenvalue weighted by atomic mass is 9.78. The van der Waals surface area contributed by atoms with E-state index in [1.807, 2.05) is 0 Å². The van der Waals surface area contributed by atoms with Crippen LogP contribution in [0.5, 0.6) is 0 Å². The van der Waals surface area contributed by atoms with Gasteiger partial charge in [0.25, 0.3) is 0 Å². The Labute approximate surface area is 81.7 Å². The van der Waals surface area contributed by atoms with E-state index >= 15 is 0 Å². The van der Waals surface area contributed by atoms with Gasteiger partial charge in [0, 0.05) is 26.2 Å². The summed E-state index contributed by atoms with van der Waals surface area (Å²) >= 11 is 0. The maximum absolute atomic E-state index is 3.38. The number of nitrogens with zero attached hydrogens (tertiary/aromatic N) is 1. The lowest BCUT2D eigenvalue weighted by Crippen LogP contribution is -2.56. The number of likely N-dealkylation sites (N-methyl/N-ethyl adjacent to an activating group) is 1. The van der Waals surface area contributed by atoms with E-state index in [1.54, 1.807) is 0 Å². The molecular weight excluding hydrogens is 160 g/mol. The lowest BCUT2D eigenvalue weighted by molar-refractivity contribution is 0.00752. The molecule has 1 heterocycles. The number of hydrogen-bond donors (Lipinski definition) is 1. The van der Waals surface area contributed by atoms with E-state index in [1.165, 1.54) is 51.9 Å². The third-order valence-corrected chi connectivity index (χ3v) is 3.64. The molecule has 0 aromatic rings. The average Bonchev–Trinajstić information content (AvgIpc) is 2.52. The summed E-state index contributed by atoms with van der Waals surface area (Å²) in [5.41, 5.74) is 0.784. The average molecular weight is 182 g/mol. The van der Waals surface area contributed by atoms with E-state index in [-0.39, 0.29) is 0 Å². The fourth-order valence-corrected chi connectivity index (χ4v) is 2.92. The van der Waals surface area contributed by atoms with E-state index < -0.39 is 0 Å². The zero-order chi connectivity index (χ0) is 9.15. The minimum absolute atomic E-state index is 0.784. The summed E-state index contributed by atoms with van der Waals surface area (Å²) < 4.78 is 0. The highest BCUT2D eigenvalue weighted by Gasteiger charge is 2.43. The highest BCUT2D eigenvalue weighted by Crippen LogP contribution is 2.44. The summed E-state index contributed by atoms with van der Waals surface area (Å²) in [4.78, 5) is 2.61. The Kier molecular flexibility index (Phi) is 2.89. The predicted molar refractivity (Wildman–Crippen MR) is 55.9 cm³/mol. The van der Waals surface area contributed by atoms with Crippen LogP contribution in [0.3, 0.4) is 0 Å².